The number of methoxy groups -OCH3 is 1. The molecule has 0 aliphatic carbocycles. The number of rotatable bonds is 6. The van der Waals surface area contributed by atoms with Gasteiger partial charge < -0.3 is 15.6 Å². The van der Waals surface area contributed by atoms with E-state index in [1.807, 2.05) is 30.3 Å². The molecule has 1 unspecified atom stereocenters. The largest absolute Gasteiger partial charge is 0.496 e. The predicted molar refractivity (Wildman–Crippen MR) is 82.0 cm³/mol. The Morgan fingerprint density at radius 2 is 1.86 bits per heavy atom. The quantitative estimate of drug-likeness (QED) is 0.853. The summed E-state index contributed by atoms with van der Waals surface area (Å²) in [5, 5.41) is 8.98. The summed E-state index contributed by atoms with van der Waals surface area (Å²) in [6.45, 7) is 0. The number of aromatic carboxylic acids is 1. The molecule has 3 N–H and O–H groups in total. The lowest BCUT2D eigenvalue weighted by Crippen LogP contribution is -2.24. The minimum Gasteiger partial charge on any atom is -0.496 e. The second-order valence-corrected chi connectivity index (χ2v) is 4.87. The van der Waals surface area contributed by atoms with Crippen LogP contribution in [0.15, 0.2) is 48.5 Å². The summed E-state index contributed by atoms with van der Waals surface area (Å²) >= 11 is 0. The van der Waals surface area contributed by atoms with Gasteiger partial charge in [0.15, 0.2) is 5.78 Å². The van der Waals surface area contributed by atoms with Gasteiger partial charge in [0.1, 0.15) is 5.75 Å². The number of hydrogen-bond donors (Lipinski definition) is 2. The number of ketones is 1. The second kappa shape index (κ2) is 6.87. The summed E-state index contributed by atoms with van der Waals surface area (Å²) < 4.78 is 5.16. The third-order valence-corrected chi connectivity index (χ3v) is 3.38. The van der Waals surface area contributed by atoms with E-state index in [-0.39, 0.29) is 17.8 Å². The van der Waals surface area contributed by atoms with Crippen LogP contribution in [0.4, 0.5) is 0 Å². The number of carbonyl (C=O) groups excluding carboxylic acids is 1. The molecule has 0 saturated heterocycles. The molecule has 5 heteroatoms. The molecule has 2 aromatic carbocycles. The lowest BCUT2D eigenvalue weighted by molar-refractivity contribution is -0.119. The van der Waals surface area contributed by atoms with Crippen LogP contribution in [0.5, 0.6) is 5.75 Å². The first-order chi connectivity index (χ1) is 10.5. The first-order valence-electron chi connectivity index (χ1n) is 6.76. The van der Waals surface area contributed by atoms with E-state index in [1.54, 1.807) is 0 Å². The third-order valence-electron chi connectivity index (χ3n) is 3.38. The van der Waals surface area contributed by atoms with E-state index in [4.69, 9.17) is 15.6 Å². The molecule has 2 aromatic rings. The molecular weight excluding hydrogens is 282 g/mol. The van der Waals surface area contributed by atoms with E-state index < -0.39 is 12.0 Å². The maximum Gasteiger partial charge on any atom is 0.335 e. The number of benzene rings is 2. The summed E-state index contributed by atoms with van der Waals surface area (Å²) in [5.74, 6) is -0.921. The fourth-order valence-electron chi connectivity index (χ4n) is 2.18. The van der Waals surface area contributed by atoms with Gasteiger partial charge in [0, 0.05) is 12.0 Å². The average Bonchev–Trinajstić information content (AvgIpc) is 2.54. The first kappa shape index (κ1) is 15.7. The van der Waals surface area contributed by atoms with Crippen molar-refractivity contribution in [2.75, 3.05) is 7.11 Å². The minimum absolute atomic E-state index is 0.0864. The molecule has 0 saturated carbocycles. The molecule has 0 spiro atoms. The number of nitrogens with two attached hydrogens (primary N) is 1. The minimum atomic E-state index is -1.06. The lowest BCUT2D eigenvalue weighted by Gasteiger charge is -2.15. The van der Waals surface area contributed by atoms with Crippen LogP contribution < -0.4 is 10.5 Å². The molecule has 0 fully saturated rings. The fraction of sp³-hybridized carbons (Fsp3) is 0.176. The highest BCUT2D eigenvalue weighted by Gasteiger charge is 2.21. The number of carbonyl (C=O) groups is 2. The van der Waals surface area contributed by atoms with Crippen LogP contribution in [0, 0.1) is 0 Å². The molecule has 0 aliphatic heterocycles. The summed E-state index contributed by atoms with van der Waals surface area (Å²) in [6, 6.07) is 12.7. The van der Waals surface area contributed by atoms with E-state index >= 15 is 0 Å². The van der Waals surface area contributed by atoms with Gasteiger partial charge in [0.05, 0.1) is 18.7 Å². The molecule has 2 rings (SSSR count). The summed E-state index contributed by atoms with van der Waals surface area (Å²) in [5.41, 5.74) is 7.46. The number of Topliss-reactive ketones (excluding diaryl/α,β-unsaturated/α-hetero) is 1. The van der Waals surface area contributed by atoms with Crippen molar-refractivity contribution in [2.45, 2.75) is 12.5 Å². The normalized spacial score (nSPS) is 11.7. The van der Waals surface area contributed by atoms with E-state index in [0.29, 0.717) is 11.3 Å². The van der Waals surface area contributed by atoms with Crippen molar-refractivity contribution in [2.24, 2.45) is 5.73 Å². The molecule has 0 radical (unpaired) electrons. The fourth-order valence-corrected chi connectivity index (χ4v) is 2.18. The number of hydrogen-bond acceptors (Lipinski definition) is 4. The monoisotopic (exact) mass is 299 g/mol. The Morgan fingerprint density at radius 1 is 1.18 bits per heavy atom. The van der Waals surface area contributed by atoms with E-state index in [1.165, 1.54) is 25.3 Å². The molecule has 5 nitrogen and oxygen atoms in total. The Bertz CT molecular complexity index is 682. The number of ether oxygens (including phenoxy) is 1. The molecular formula is C17H17NO4. The lowest BCUT2D eigenvalue weighted by atomic mass is 9.96. The Balaban J connectivity index is 2.23. The van der Waals surface area contributed by atoms with Crippen molar-refractivity contribution in [3.05, 3.63) is 65.2 Å². The van der Waals surface area contributed by atoms with Crippen molar-refractivity contribution in [1.82, 2.24) is 0 Å². The zero-order valence-corrected chi connectivity index (χ0v) is 12.2. The average molecular weight is 299 g/mol. The molecule has 0 amide bonds. The van der Waals surface area contributed by atoms with Gasteiger partial charge in [-0.25, -0.2) is 4.79 Å². The Hall–Kier alpha value is -2.66. The van der Waals surface area contributed by atoms with Crippen molar-refractivity contribution in [3.8, 4) is 5.75 Å². The van der Waals surface area contributed by atoms with Gasteiger partial charge in [-0.1, -0.05) is 36.4 Å². The van der Waals surface area contributed by atoms with Gasteiger partial charge in [0.25, 0.3) is 0 Å². The summed E-state index contributed by atoms with van der Waals surface area (Å²) in [7, 11) is 1.42. The SMILES string of the molecule is COc1cc(C(=O)O)ccc1C(N)C(=O)Cc1ccccc1. The number of carboxylic acids is 1. The van der Waals surface area contributed by atoms with Crippen molar-refractivity contribution < 1.29 is 19.4 Å². The van der Waals surface area contributed by atoms with E-state index in [2.05, 4.69) is 0 Å². The van der Waals surface area contributed by atoms with Gasteiger partial charge in [-0.3, -0.25) is 4.79 Å². The molecule has 1 atom stereocenters. The van der Waals surface area contributed by atoms with E-state index in [9.17, 15) is 9.59 Å². The molecule has 0 aliphatic rings. The molecule has 0 aromatic heterocycles. The smallest absolute Gasteiger partial charge is 0.335 e. The van der Waals surface area contributed by atoms with Gasteiger partial charge >= 0.3 is 5.97 Å². The van der Waals surface area contributed by atoms with Gasteiger partial charge in [-0.15, -0.1) is 0 Å². The van der Waals surface area contributed by atoms with Gasteiger partial charge in [-0.2, -0.15) is 0 Å². The van der Waals surface area contributed by atoms with Crippen LogP contribution in [0.25, 0.3) is 0 Å². The zero-order chi connectivity index (χ0) is 16.1. The topological polar surface area (TPSA) is 89.6 Å². The summed E-state index contributed by atoms with van der Waals surface area (Å²) in [4.78, 5) is 23.3. The van der Waals surface area contributed by atoms with Crippen LogP contribution in [0.3, 0.4) is 0 Å². The zero-order valence-electron chi connectivity index (χ0n) is 12.2. The van der Waals surface area contributed by atoms with Gasteiger partial charge in [-0.05, 0) is 17.7 Å². The van der Waals surface area contributed by atoms with Crippen LogP contribution in [0.2, 0.25) is 0 Å². The Morgan fingerprint density at radius 3 is 2.45 bits per heavy atom. The van der Waals surface area contributed by atoms with Crippen LogP contribution >= 0.6 is 0 Å². The van der Waals surface area contributed by atoms with Crippen LogP contribution in [-0.4, -0.2) is 24.0 Å². The molecule has 114 valence electrons. The Kier molecular flexibility index (Phi) is 4.91. The molecule has 0 heterocycles. The highest BCUT2D eigenvalue weighted by molar-refractivity contribution is 5.90. The van der Waals surface area contributed by atoms with Crippen molar-refractivity contribution in [3.63, 3.8) is 0 Å². The van der Waals surface area contributed by atoms with Crippen molar-refractivity contribution in [1.29, 1.82) is 0 Å². The third kappa shape index (κ3) is 3.51. The van der Waals surface area contributed by atoms with Crippen LogP contribution in [0.1, 0.15) is 27.5 Å². The molecule has 22 heavy (non-hydrogen) atoms. The van der Waals surface area contributed by atoms with Crippen molar-refractivity contribution >= 4 is 11.8 Å². The maximum absolute atomic E-state index is 12.3. The van der Waals surface area contributed by atoms with Gasteiger partial charge in [0.2, 0.25) is 0 Å². The highest BCUT2D eigenvalue weighted by atomic mass is 16.5. The molecule has 0 bridgehead atoms. The first-order valence-corrected chi connectivity index (χ1v) is 6.76. The standard InChI is InChI=1S/C17H17NO4/c1-22-15-10-12(17(20)21)7-8-13(15)16(18)14(19)9-11-5-3-2-4-6-11/h2-8,10,16H,9,18H2,1H3,(H,20,21). The highest BCUT2D eigenvalue weighted by Crippen LogP contribution is 2.26. The Labute approximate surface area is 128 Å². The van der Waals surface area contributed by atoms with E-state index in [0.717, 1.165) is 5.56 Å². The predicted octanol–water partition coefficient (Wildman–Crippen LogP) is 2.21. The van der Waals surface area contributed by atoms with Crippen LogP contribution in [-0.2, 0) is 11.2 Å². The summed E-state index contributed by atoms with van der Waals surface area (Å²) in [6.07, 6.45) is 0.214. The number of carboxylic acid groups (broad SMARTS) is 1. The second-order valence-electron chi connectivity index (χ2n) is 4.87. The maximum atomic E-state index is 12.3.